The van der Waals surface area contributed by atoms with Gasteiger partial charge in [-0.15, -0.1) is 11.3 Å². The molecule has 0 atom stereocenters. The summed E-state index contributed by atoms with van der Waals surface area (Å²) in [4.78, 5) is 17.6. The number of hydrogen-bond acceptors (Lipinski definition) is 5. The summed E-state index contributed by atoms with van der Waals surface area (Å²) in [5.74, 6) is 1.29. The van der Waals surface area contributed by atoms with E-state index in [4.69, 9.17) is 9.15 Å². The average Bonchev–Trinajstić information content (AvgIpc) is 3.20. The molecule has 1 amide bonds. The lowest BCUT2D eigenvalue weighted by molar-refractivity contribution is 0.0992. The largest absolute Gasteiger partial charge is 0.486 e. The summed E-state index contributed by atoms with van der Waals surface area (Å²) >= 11 is 1.45. The number of hydrogen-bond donors (Lipinski definition) is 1. The maximum absolute atomic E-state index is 12.2. The van der Waals surface area contributed by atoms with Crippen molar-refractivity contribution in [1.29, 1.82) is 0 Å². The fraction of sp³-hybridized carbons (Fsp3) is 0.263. The van der Waals surface area contributed by atoms with Gasteiger partial charge in [0.15, 0.2) is 10.9 Å². The van der Waals surface area contributed by atoms with E-state index in [9.17, 15) is 4.79 Å². The number of rotatable bonds is 6. The highest BCUT2D eigenvalue weighted by Crippen LogP contribution is 2.22. The summed E-state index contributed by atoms with van der Waals surface area (Å²) in [6.07, 6.45) is 0.995. The lowest BCUT2D eigenvalue weighted by atomic mass is 10.2. The van der Waals surface area contributed by atoms with Crippen LogP contribution in [0.25, 0.3) is 0 Å². The predicted octanol–water partition coefficient (Wildman–Crippen LogP) is 4.75. The van der Waals surface area contributed by atoms with Crippen LogP contribution in [-0.2, 0) is 13.0 Å². The standard InChI is InChI=1S/C19H20N2O3S/c1-4-14-5-7-15(8-6-14)23-11-16-9-10-17(24-16)18(22)21-19-20-12(2)13(3)25-19/h5-10H,4,11H2,1-3H3,(H,20,21,22). The number of nitrogens with zero attached hydrogens (tertiary/aromatic N) is 1. The molecule has 0 aliphatic carbocycles. The molecule has 2 heterocycles. The van der Waals surface area contributed by atoms with Gasteiger partial charge in [-0.1, -0.05) is 19.1 Å². The summed E-state index contributed by atoms with van der Waals surface area (Å²) in [7, 11) is 0. The van der Waals surface area contributed by atoms with Gasteiger partial charge in [-0.3, -0.25) is 10.1 Å². The highest BCUT2D eigenvalue weighted by atomic mass is 32.1. The molecule has 6 heteroatoms. The molecule has 130 valence electrons. The zero-order valence-corrected chi connectivity index (χ0v) is 15.3. The molecule has 1 aromatic carbocycles. The molecule has 2 aromatic heterocycles. The number of thiazole rings is 1. The van der Waals surface area contributed by atoms with Crippen LogP contribution in [-0.4, -0.2) is 10.9 Å². The Kier molecular flexibility index (Phi) is 5.19. The molecular formula is C19H20N2O3S. The Bertz CT molecular complexity index is 846. The van der Waals surface area contributed by atoms with Crippen molar-refractivity contribution in [3.05, 3.63) is 64.1 Å². The van der Waals surface area contributed by atoms with E-state index in [1.807, 2.05) is 38.1 Å². The number of carbonyl (C=O) groups excluding carboxylic acids is 1. The van der Waals surface area contributed by atoms with Crippen LogP contribution in [0.15, 0.2) is 40.8 Å². The van der Waals surface area contributed by atoms with Gasteiger partial charge in [-0.25, -0.2) is 4.98 Å². The third kappa shape index (κ3) is 4.28. The first kappa shape index (κ1) is 17.2. The second-order valence-electron chi connectivity index (χ2n) is 5.67. The number of carbonyl (C=O) groups is 1. The van der Waals surface area contributed by atoms with Gasteiger partial charge in [-0.2, -0.15) is 0 Å². The lowest BCUT2D eigenvalue weighted by Gasteiger charge is -2.05. The van der Waals surface area contributed by atoms with Gasteiger partial charge in [0, 0.05) is 4.88 Å². The van der Waals surface area contributed by atoms with Gasteiger partial charge in [0.1, 0.15) is 18.1 Å². The van der Waals surface area contributed by atoms with Crippen molar-refractivity contribution in [3.63, 3.8) is 0 Å². The number of amides is 1. The van der Waals surface area contributed by atoms with E-state index in [0.29, 0.717) is 10.9 Å². The number of nitrogens with one attached hydrogen (secondary N) is 1. The maximum atomic E-state index is 12.2. The molecule has 0 fully saturated rings. The number of benzene rings is 1. The Morgan fingerprint density at radius 3 is 2.60 bits per heavy atom. The van der Waals surface area contributed by atoms with Crippen molar-refractivity contribution in [3.8, 4) is 5.75 Å². The van der Waals surface area contributed by atoms with E-state index in [2.05, 4.69) is 17.2 Å². The van der Waals surface area contributed by atoms with Crippen molar-refractivity contribution >= 4 is 22.4 Å². The molecule has 0 aliphatic heterocycles. The molecule has 0 bridgehead atoms. The second kappa shape index (κ2) is 7.53. The van der Waals surface area contributed by atoms with Crippen LogP contribution >= 0.6 is 11.3 Å². The predicted molar refractivity (Wildman–Crippen MR) is 98.4 cm³/mol. The first-order valence-corrected chi connectivity index (χ1v) is 8.92. The zero-order chi connectivity index (χ0) is 17.8. The number of ether oxygens (including phenoxy) is 1. The molecule has 0 spiro atoms. The molecule has 0 saturated heterocycles. The topological polar surface area (TPSA) is 64.4 Å². The van der Waals surface area contributed by atoms with Gasteiger partial charge in [0.2, 0.25) is 0 Å². The van der Waals surface area contributed by atoms with Crippen LogP contribution in [0.4, 0.5) is 5.13 Å². The summed E-state index contributed by atoms with van der Waals surface area (Å²) in [6, 6.07) is 11.3. The molecule has 3 aromatic rings. The number of furan rings is 1. The fourth-order valence-electron chi connectivity index (χ4n) is 2.24. The smallest absolute Gasteiger partial charge is 0.293 e. The molecule has 25 heavy (non-hydrogen) atoms. The highest BCUT2D eigenvalue weighted by molar-refractivity contribution is 7.15. The fourth-order valence-corrected chi connectivity index (χ4v) is 3.05. The quantitative estimate of drug-likeness (QED) is 0.692. The van der Waals surface area contributed by atoms with E-state index in [-0.39, 0.29) is 18.3 Å². The van der Waals surface area contributed by atoms with E-state index >= 15 is 0 Å². The van der Waals surface area contributed by atoms with Crippen LogP contribution < -0.4 is 10.1 Å². The SMILES string of the molecule is CCc1ccc(OCc2ccc(C(=O)Nc3nc(C)c(C)s3)o2)cc1. The minimum absolute atomic E-state index is 0.241. The summed E-state index contributed by atoms with van der Waals surface area (Å²) < 4.78 is 11.2. The Hall–Kier alpha value is -2.60. The van der Waals surface area contributed by atoms with Crippen molar-refractivity contribution in [2.24, 2.45) is 0 Å². The Balaban J connectivity index is 1.58. The number of aryl methyl sites for hydroxylation is 3. The van der Waals surface area contributed by atoms with Gasteiger partial charge in [0.05, 0.1) is 5.69 Å². The van der Waals surface area contributed by atoms with Crippen LogP contribution in [0, 0.1) is 13.8 Å². The van der Waals surface area contributed by atoms with Crippen LogP contribution in [0.2, 0.25) is 0 Å². The van der Waals surface area contributed by atoms with Gasteiger partial charge < -0.3 is 9.15 Å². The lowest BCUT2D eigenvalue weighted by Crippen LogP contribution is -2.10. The Morgan fingerprint density at radius 2 is 1.96 bits per heavy atom. The van der Waals surface area contributed by atoms with Crippen molar-refractivity contribution < 1.29 is 13.9 Å². The van der Waals surface area contributed by atoms with Crippen molar-refractivity contribution in [2.75, 3.05) is 5.32 Å². The minimum atomic E-state index is -0.313. The van der Waals surface area contributed by atoms with Crippen molar-refractivity contribution in [1.82, 2.24) is 4.98 Å². The third-order valence-electron chi connectivity index (χ3n) is 3.85. The Labute approximate surface area is 150 Å². The zero-order valence-electron chi connectivity index (χ0n) is 14.5. The normalized spacial score (nSPS) is 10.7. The monoisotopic (exact) mass is 356 g/mol. The van der Waals surface area contributed by atoms with Crippen molar-refractivity contribution in [2.45, 2.75) is 33.8 Å². The van der Waals surface area contributed by atoms with E-state index < -0.39 is 0 Å². The number of aromatic nitrogens is 1. The molecule has 5 nitrogen and oxygen atoms in total. The van der Waals surface area contributed by atoms with Crippen LogP contribution in [0.3, 0.4) is 0 Å². The van der Waals surface area contributed by atoms with E-state index in [0.717, 1.165) is 22.7 Å². The van der Waals surface area contributed by atoms with E-state index in [1.165, 1.54) is 16.9 Å². The van der Waals surface area contributed by atoms with Gasteiger partial charge in [0.25, 0.3) is 5.91 Å². The number of anilines is 1. The minimum Gasteiger partial charge on any atom is -0.486 e. The van der Waals surface area contributed by atoms with Gasteiger partial charge in [-0.05, 0) is 50.1 Å². The molecule has 0 aliphatic rings. The molecule has 3 rings (SSSR count). The molecule has 0 radical (unpaired) electrons. The molecule has 0 unspecified atom stereocenters. The molecular weight excluding hydrogens is 336 g/mol. The van der Waals surface area contributed by atoms with E-state index in [1.54, 1.807) is 12.1 Å². The molecule has 0 saturated carbocycles. The first-order valence-electron chi connectivity index (χ1n) is 8.11. The summed E-state index contributed by atoms with van der Waals surface area (Å²) in [5, 5.41) is 3.33. The summed E-state index contributed by atoms with van der Waals surface area (Å²) in [5.41, 5.74) is 2.18. The Morgan fingerprint density at radius 1 is 1.20 bits per heavy atom. The third-order valence-corrected chi connectivity index (χ3v) is 4.84. The first-order chi connectivity index (χ1) is 12.0. The average molecular weight is 356 g/mol. The van der Waals surface area contributed by atoms with Crippen LogP contribution in [0.5, 0.6) is 5.75 Å². The molecule has 1 N–H and O–H groups in total. The van der Waals surface area contributed by atoms with Crippen LogP contribution in [0.1, 0.15) is 39.4 Å². The van der Waals surface area contributed by atoms with Gasteiger partial charge >= 0.3 is 0 Å². The highest BCUT2D eigenvalue weighted by Gasteiger charge is 2.14. The maximum Gasteiger partial charge on any atom is 0.293 e. The second-order valence-corrected chi connectivity index (χ2v) is 6.87. The summed E-state index contributed by atoms with van der Waals surface area (Å²) in [6.45, 7) is 6.27.